The van der Waals surface area contributed by atoms with Crippen molar-refractivity contribution in [1.29, 1.82) is 0 Å². The molecule has 118 valence electrons. The van der Waals surface area contributed by atoms with Gasteiger partial charge in [-0.15, -0.1) is 0 Å². The normalized spacial score (nSPS) is 11.7. The van der Waals surface area contributed by atoms with E-state index in [4.69, 9.17) is 0 Å². The minimum atomic E-state index is -4.45. The third kappa shape index (κ3) is 3.21. The molecule has 0 saturated heterocycles. The van der Waals surface area contributed by atoms with Crippen LogP contribution in [0, 0.1) is 6.92 Å². The molecule has 6 heteroatoms. The summed E-state index contributed by atoms with van der Waals surface area (Å²) in [5.41, 5.74) is 1.44. The van der Waals surface area contributed by atoms with E-state index >= 15 is 0 Å². The van der Waals surface area contributed by atoms with E-state index in [0.717, 1.165) is 28.6 Å². The van der Waals surface area contributed by atoms with Gasteiger partial charge in [0.15, 0.2) is 0 Å². The van der Waals surface area contributed by atoms with E-state index < -0.39 is 17.6 Å². The number of aromatic nitrogens is 1. The topological polar surface area (TPSA) is 44.9 Å². The van der Waals surface area contributed by atoms with Crippen LogP contribution in [0.3, 0.4) is 0 Å². The zero-order valence-electron chi connectivity index (χ0n) is 12.2. The third-order valence-corrected chi connectivity index (χ3v) is 3.47. The molecule has 0 aliphatic heterocycles. The van der Waals surface area contributed by atoms with Crippen LogP contribution in [-0.4, -0.2) is 10.9 Å². The Balaban J connectivity index is 1.86. The smallest absolute Gasteiger partial charge is 0.351 e. The van der Waals surface area contributed by atoms with Crippen LogP contribution in [-0.2, 0) is 6.18 Å². The Hall–Kier alpha value is -2.76. The van der Waals surface area contributed by atoms with Crippen LogP contribution in [0.25, 0.3) is 10.9 Å². The average molecular weight is 318 g/mol. The largest absolute Gasteiger partial charge is 0.416 e. The highest BCUT2D eigenvalue weighted by Crippen LogP contribution is 2.30. The molecule has 3 aromatic rings. The van der Waals surface area contributed by atoms with Gasteiger partial charge in [-0.1, -0.05) is 17.7 Å². The Morgan fingerprint density at radius 3 is 2.61 bits per heavy atom. The number of carbonyl (C=O) groups is 1. The Morgan fingerprint density at radius 1 is 1.09 bits per heavy atom. The number of aryl methyl sites for hydroxylation is 1. The molecule has 0 radical (unpaired) electrons. The quantitative estimate of drug-likeness (QED) is 0.704. The van der Waals surface area contributed by atoms with Gasteiger partial charge in [0, 0.05) is 16.6 Å². The van der Waals surface area contributed by atoms with E-state index in [1.807, 2.05) is 25.1 Å². The van der Waals surface area contributed by atoms with Gasteiger partial charge in [0.25, 0.3) is 5.91 Å². The number of hydrogen-bond donors (Lipinski definition) is 2. The first kappa shape index (κ1) is 15.1. The van der Waals surface area contributed by atoms with Crippen molar-refractivity contribution in [1.82, 2.24) is 4.98 Å². The Kier molecular flexibility index (Phi) is 3.60. The SMILES string of the molecule is Cc1ccc2[nH]c(C(=O)Nc3cccc(C(F)(F)F)c3)cc2c1. The van der Waals surface area contributed by atoms with Gasteiger partial charge in [0.05, 0.1) is 5.56 Å². The van der Waals surface area contributed by atoms with Crippen LogP contribution in [0.1, 0.15) is 21.6 Å². The first-order valence-corrected chi connectivity index (χ1v) is 6.91. The number of fused-ring (bicyclic) bond motifs is 1. The minimum absolute atomic E-state index is 0.0969. The van der Waals surface area contributed by atoms with Gasteiger partial charge in [-0.05, 0) is 43.3 Å². The van der Waals surface area contributed by atoms with Gasteiger partial charge in [0.1, 0.15) is 5.69 Å². The second-order valence-electron chi connectivity index (χ2n) is 5.31. The Morgan fingerprint density at radius 2 is 1.87 bits per heavy atom. The summed E-state index contributed by atoms with van der Waals surface area (Å²) in [4.78, 5) is 15.2. The number of carbonyl (C=O) groups excluding carboxylic acids is 1. The summed E-state index contributed by atoms with van der Waals surface area (Å²) in [5.74, 6) is -0.488. The molecule has 0 bridgehead atoms. The van der Waals surface area contributed by atoms with E-state index in [2.05, 4.69) is 10.3 Å². The second-order valence-corrected chi connectivity index (χ2v) is 5.31. The zero-order chi connectivity index (χ0) is 16.6. The summed E-state index contributed by atoms with van der Waals surface area (Å²) in [6.07, 6.45) is -4.45. The fraction of sp³-hybridized carbons (Fsp3) is 0.118. The minimum Gasteiger partial charge on any atom is -0.351 e. The van der Waals surface area contributed by atoms with E-state index in [9.17, 15) is 18.0 Å². The fourth-order valence-electron chi connectivity index (χ4n) is 2.35. The maximum absolute atomic E-state index is 12.7. The van der Waals surface area contributed by atoms with Gasteiger partial charge in [0.2, 0.25) is 0 Å². The number of anilines is 1. The van der Waals surface area contributed by atoms with Gasteiger partial charge >= 0.3 is 6.18 Å². The van der Waals surface area contributed by atoms with Crippen molar-refractivity contribution in [2.45, 2.75) is 13.1 Å². The molecular weight excluding hydrogens is 305 g/mol. The van der Waals surface area contributed by atoms with Crippen LogP contribution in [0.5, 0.6) is 0 Å². The number of rotatable bonds is 2. The van der Waals surface area contributed by atoms with E-state index in [0.29, 0.717) is 5.69 Å². The summed E-state index contributed by atoms with van der Waals surface area (Å²) < 4.78 is 38.1. The number of alkyl halides is 3. The average Bonchev–Trinajstić information content (AvgIpc) is 2.90. The third-order valence-electron chi connectivity index (χ3n) is 3.47. The second kappa shape index (κ2) is 5.46. The molecule has 2 N–H and O–H groups in total. The summed E-state index contributed by atoms with van der Waals surface area (Å²) in [6, 6.07) is 11.9. The van der Waals surface area contributed by atoms with Crippen LogP contribution >= 0.6 is 0 Å². The van der Waals surface area contributed by atoms with Crippen molar-refractivity contribution >= 4 is 22.5 Å². The Labute approximate surface area is 130 Å². The van der Waals surface area contributed by atoms with Crippen LogP contribution < -0.4 is 5.32 Å². The molecule has 3 rings (SSSR count). The maximum Gasteiger partial charge on any atom is 0.416 e. The lowest BCUT2D eigenvalue weighted by molar-refractivity contribution is -0.137. The van der Waals surface area contributed by atoms with E-state index in [1.165, 1.54) is 12.1 Å². The molecule has 1 heterocycles. The van der Waals surface area contributed by atoms with Crippen molar-refractivity contribution in [2.24, 2.45) is 0 Å². The Bertz CT molecular complexity index is 881. The first-order chi connectivity index (χ1) is 10.8. The molecular formula is C17H13F3N2O. The first-order valence-electron chi connectivity index (χ1n) is 6.91. The summed E-state index contributed by atoms with van der Waals surface area (Å²) >= 11 is 0. The molecule has 1 amide bonds. The maximum atomic E-state index is 12.7. The van der Waals surface area contributed by atoms with Gasteiger partial charge in [-0.25, -0.2) is 0 Å². The molecule has 0 saturated carbocycles. The lowest BCUT2D eigenvalue weighted by Crippen LogP contribution is -2.13. The number of nitrogens with one attached hydrogen (secondary N) is 2. The van der Waals surface area contributed by atoms with Crippen molar-refractivity contribution in [2.75, 3.05) is 5.32 Å². The van der Waals surface area contributed by atoms with Gasteiger partial charge in [-0.2, -0.15) is 13.2 Å². The van der Waals surface area contributed by atoms with Crippen molar-refractivity contribution in [3.8, 4) is 0 Å². The van der Waals surface area contributed by atoms with Crippen molar-refractivity contribution < 1.29 is 18.0 Å². The molecule has 0 spiro atoms. The molecule has 2 aromatic carbocycles. The molecule has 0 aliphatic carbocycles. The number of benzene rings is 2. The molecule has 0 fully saturated rings. The van der Waals surface area contributed by atoms with Crippen molar-refractivity contribution in [3.63, 3.8) is 0 Å². The molecule has 0 aliphatic rings. The van der Waals surface area contributed by atoms with Gasteiger partial charge < -0.3 is 10.3 Å². The number of halogens is 3. The predicted octanol–water partition coefficient (Wildman–Crippen LogP) is 4.75. The summed E-state index contributed by atoms with van der Waals surface area (Å²) in [5, 5.41) is 3.35. The van der Waals surface area contributed by atoms with E-state index in [-0.39, 0.29) is 5.69 Å². The molecule has 0 unspecified atom stereocenters. The fourth-order valence-corrected chi connectivity index (χ4v) is 2.35. The molecule has 1 aromatic heterocycles. The zero-order valence-corrected chi connectivity index (χ0v) is 12.2. The lowest BCUT2D eigenvalue weighted by atomic mass is 10.2. The monoisotopic (exact) mass is 318 g/mol. The van der Waals surface area contributed by atoms with Crippen LogP contribution in [0.4, 0.5) is 18.9 Å². The standard InChI is InChI=1S/C17H13F3N2O/c1-10-5-6-14-11(7-10)8-15(22-14)16(23)21-13-4-2-3-12(9-13)17(18,19)20/h2-9,22H,1H3,(H,21,23). The van der Waals surface area contributed by atoms with Crippen LogP contribution in [0.15, 0.2) is 48.5 Å². The van der Waals surface area contributed by atoms with Gasteiger partial charge in [-0.3, -0.25) is 4.79 Å². The highest BCUT2D eigenvalue weighted by Gasteiger charge is 2.30. The van der Waals surface area contributed by atoms with Crippen molar-refractivity contribution in [3.05, 3.63) is 65.4 Å². The molecule has 23 heavy (non-hydrogen) atoms. The predicted molar refractivity (Wildman–Crippen MR) is 82.4 cm³/mol. The summed E-state index contributed by atoms with van der Waals surface area (Å²) in [7, 11) is 0. The number of H-pyrrole nitrogens is 1. The highest BCUT2D eigenvalue weighted by atomic mass is 19.4. The molecule has 0 atom stereocenters. The van der Waals surface area contributed by atoms with Crippen LogP contribution in [0.2, 0.25) is 0 Å². The summed E-state index contributed by atoms with van der Waals surface area (Å²) in [6.45, 7) is 1.94. The molecule has 3 nitrogen and oxygen atoms in total. The number of amides is 1. The highest BCUT2D eigenvalue weighted by molar-refractivity contribution is 6.06. The number of hydrogen-bond acceptors (Lipinski definition) is 1. The number of aromatic amines is 1. The van der Waals surface area contributed by atoms with E-state index in [1.54, 1.807) is 6.07 Å². The lowest BCUT2D eigenvalue weighted by Gasteiger charge is -2.09.